The van der Waals surface area contributed by atoms with Crippen molar-refractivity contribution in [3.05, 3.63) is 0 Å². The number of hydrogen-bond donors (Lipinski definition) is 2. The molecule has 6 nitrogen and oxygen atoms in total. The van der Waals surface area contributed by atoms with Gasteiger partial charge in [-0.25, -0.2) is 4.18 Å². The highest BCUT2D eigenvalue weighted by atomic mass is 32.3. The van der Waals surface area contributed by atoms with Crippen LogP contribution in [0.2, 0.25) is 0 Å². The van der Waals surface area contributed by atoms with Crippen molar-refractivity contribution in [3.63, 3.8) is 0 Å². The van der Waals surface area contributed by atoms with Crippen LogP contribution in [0, 0.1) is 0 Å². The average molecular weight is 213 g/mol. The van der Waals surface area contributed by atoms with Gasteiger partial charge in [0.05, 0.1) is 5.60 Å². The summed E-state index contributed by atoms with van der Waals surface area (Å²) in [4.78, 5) is 5.02. The monoisotopic (exact) mass is 213 g/mol. The van der Waals surface area contributed by atoms with Gasteiger partial charge in [-0.15, -0.1) is 0 Å². The summed E-state index contributed by atoms with van der Waals surface area (Å²) in [5.41, 5.74) is 1.87. The molecular weight excluding hydrogens is 198 g/mol. The predicted molar refractivity (Wildman–Crippen MR) is 46.1 cm³/mol. The second-order valence-electron chi connectivity index (χ2n) is 3.05. The van der Waals surface area contributed by atoms with E-state index >= 15 is 0 Å². The van der Waals surface area contributed by atoms with Gasteiger partial charge in [-0.2, -0.15) is 13.9 Å². The summed E-state index contributed by atoms with van der Waals surface area (Å²) in [6.07, 6.45) is 0.756. The van der Waals surface area contributed by atoms with Gasteiger partial charge in [0.1, 0.15) is 6.73 Å². The molecule has 0 saturated carbocycles. The van der Waals surface area contributed by atoms with Crippen LogP contribution in [0.3, 0.4) is 0 Å². The van der Waals surface area contributed by atoms with Crippen LogP contribution in [-0.4, -0.2) is 25.3 Å². The summed E-state index contributed by atoms with van der Waals surface area (Å²) < 4.78 is 32.2. The normalized spacial score (nSPS) is 13.2. The third kappa shape index (κ3) is 8.13. The Kier molecular flexibility index (Phi) is 4.79. The molecule has 7 heteroatoms. The highest BCUT2D eigenvalue weighted by Gasteiger charge is 2.15. The van der Waals surface area contributed by atoms with Crippen LogP contribution >= 0.6 is 0 Å². The molecule has 0 saturated heterocycles. The SMILES string of the molecule is CCC(C)(C)ONCOS(=O)(=O)O. The molecule has 0 unspecified atom stereocenters. The second kappa shape index (κ2) is 4.87. The van der Waals surface area contributed by atoms with Crippen molar-refractivity contribution >= 4 is 10.4 Å². The molecule has 0 heterocycles. The van der Waals surface area contributed by atoms with Crippen LogP contribution in [0.1, 0.15) is 27.2 Å². The fourth-order valence-electron chi connectivity index (χ4n) is 0.396. The molecule has 80 valence electrons. The molecule has 0 spiro atoms. The molecule has 2 N–H and O–H groups in total. The second-order valence-corrected chi connectivity index (χ2v) is 4.14. The molecule has 0 rings (SSSR count). The fraction of sp³-hybridized carbons (Fsp3) is 1.00. The molecule has 0 aromatic heterocycles. The molecule has 0 bridgehead atoms. The first-order chi connectivity index (χ1) is 5.77. The lowest BCUT2D eigenvalue weighted by Crippen LogP contribution is -2.33. The molecule has 0 radical (unpaired) electrons. The zero-order valence-electron chi connectivity index (χ0n) is 7.90. The van der Waals surface area contributed by atoms with E-state index in [0.717, 1.165) is 6.42 Å². The van der Waals surface area contributed by atoms with Crippen LogP contribution in [0.15, 0.2) is 0 Å². The van der Waals surface area contributed by atoms with E-state index in [0.29, 0.717) is 0 Å². The smallest absolute Gasteiger partial charge is 0.294 e. The van der Waals surface area contributed by atoms with Gasteiger partial charge in [0.2, 0.25) is 0 Å². The standard InChI is InChI=1S/C6H15NO5S/c1-4-6(2,3)12-7-5-11-13(8,9)10/h7H,4-5H2,1-3H3,(H,8,9,10). The third-order valence-corrected chi connectivity index (χ3v) is 1.88. The third-order valence-electron chi connectivity index (χ3n) is 1.47. The van der Waals surface area contributed by atoms with Crippen molar-refractivity contribution in [2.45, 2.75) is 32.8 Å². The maximum absolute atomic E-state index is 10.1. The maximum atomic E-state index is 10.1. The molecule has 0 aliphatic carbocycles. The summed E-state index contributed by atoms with van der Waals surface area (Å²) in [7, 11) is -4.39. The summed E-state index contributed by atoms with van der Waals surface area (Å²) >= 11 is 0. The molecule has 13 heavy (non-hydrogen) atoms. The quantitative estimate of drug-likeness (QED) is 0.289. The molecule has 0 aromatic rings. The topological polar surface area (TPSA) is 84.9 Å². The Bertz CT molecular complexity index is 235. The Morgan fingerprint density at radius 2 is 2.00 bits per heavy atom. The van der Waals surface area contributed by atoms with E-state index in [1.165, 1.54) is 0 Å². The van der Waals surface area contributed by atoms with Crippen LogP contribution in [-0.2, 0) is 19.4 Å². The van der Waals surface area contributed by atoms with Gasteiger partial charge in [-0.1, -0.05) is 6.92 Å². The summed E-state index contributed by atoms with van der Waals surface area (Å²) in [5, 5.41) is 0. The first-order valence-electron chi connectivity index (χ1n) is 3.79. The van der Waals surface area contributed by atoms with E-state index in [9.17, 15) is 8.42 Å². The fourth-order valence-corrected chi connectivity index (χ4v) is 0.593. The first-order valence-corrected chi connectivity index (χ1v) is 5.16. The number of nitrogens with one attached hydrogen (secondary N) is 1. The van der Waals surface area contributed by atoms with Gasteiger partial charge < -0.3 is 0 Å². The molecule has 0 aliphatic rings. The Labute approximate surface area is 78.1 Å². The number of hydrogen-bond acceptors (Lipinski definition) is 5. The van der Waals surface area contributed by atoms with Gasteiger partial charge in [0.15, 0.2) is 0 Å². The van der Waals surface area contributed by atoms with E-state index < -0.39 is 22.7 Å². The number of rotatable bonds is 6. The van der Waals surface area contributed by atoms with Crippen LogP contribution in [0.4, 0.5) is 0 Å². The van der Waals surface area contributed by atoms with E-state index in [1.807, 2.05) is 20.8 Å². The molecule has 0 aliphatic heterocycles. The highest BCUT2D eigenvalue weighted by molar-refractivity contribution is 7.80. The van der Waals surface area contributed by atoms with Crippen LogP contribution in [0.25, 0.3) is 0 Å². The highest BCUT2D eigenvalue weighted by Crippen LogP contribution is 2.10. The van der Waals surface area contributed by atoms with Crippen LogP contribution < -0.4 is 5.48 Å². The van der Waals surface area contributed by atoms with E-state index in [4.69, 9.17) is 9.39 Å². The zero-order valence-corrected chi connectivity index (χ0v) is 8.72. The zero-order chi connectivity index (χ0) is 10.5. The van der Waals surface area contributed by atoms with Gasteiger partial charge >= 0.3 is 10.4 Å². The minimum absolute atomic E-state index is 0.400. The summed E-state index contributed by atoms with van der Waals surface area (Å²) in [6, 6.07) is 0. The predicted octanol–water partition coefficient (Wildman–Crippen LogP) is 0.473. The van der Waals surface area contributed by atoms with Crippen molar-refractivity contribution in [3.8, 4) is 0 Å². The van der Waals surface area contributed by atoms with Crippen molar-refractivity contribution in [2.75, 3.05) is 6.73 Å². The minimum Gasteiger partial charge on any atom is -0.294 e. The largest absolute Gasteiger partial charge is 0.398 e. The van der Waals surface area contributed by atoms with Crippen molar-refractivity contribution in [1.82, 2.24) is 5.48 Å². The summed E-state index contributed by atoms with van der Waals surface area (Å²) in [5.74, 6) is 0. The Morgan fingerprint density at radius 1 is 1.46 bits per heavy atom. The minimum atomic E-state index is -4.39. The Morgan fingerprint density at radius 3 is 2.38 bits per heavy atom. The molecule has 0 aromatic carbocycles. The first kappa shape index (κ1) is 12.8. The lowest BCUT2D eigenvalue weighted by molar-refractivity contribution is -0.105. The molecular formula is C6H15NO5S. The molecule has 0 fully saturated rings. The van der Waals surface area contributed by atoms with E-state index in [2.05, 4.69) is 9.66 Å². The summed E-state index contributed by atoms with van der Waals surface area (Å²) in [6.45, 7) is 5.16. The van der Waals surface area contributed by atoms with Gasteiger partial charge in [0.25, 0.3) is 0 Å². The Balaban J connectivity index is 3.58. The lowest BCUT2D eigenvalue weighted by atomic mass is 10.1. The van der Waals surface area contributed by atoms with Crippen LogP contribution in [0.5, 0.6) is 0 Å². The molecule has 0 atom stereocenters. The van der Waals surface area contributed by atoms with Crippen molar-refractivity contribution in [1.29, 1.82) is 0 Å². The van der Waals surface area contributed by atoms with Gasteiger partial charge in [0, 0.05) is 0 Å². The van der Waals surface area contributed by atoms with Crippen molar-refractivity contribution in [2.24, 2.45) is 0 Å². The van der Waals surface area contributed by atoms with Crippen molar-refractivity contribution < 1.29 is 22.0 Å². The molecule has 0 amide bonds. The lowest BCUT2D eigenvalue weighted by Gasteiger charge is -2.22. The Hall–Kier alpha value is -0.210. The van der Waals surface area contributed by atoms with Gasteiger partial charge in [-0.3, -0.25) is 9.39 Å². The van der Waals surface area contributed by atoms with Gasteiger partial charge in [-0.05, 0) is 20.3 Å². The average Bonchev–Trinajstić information content (AvgIpc) is 1.97. The maximum Gasteiger partial charge on any atom is 0.398 e. The van der Waals surface area contributed by atoms with E-state index in [1.54, 1.807) is 0 Å². The van der Waals surface area contributed by atoms with E-state index in [-0.39, 0.29) is 0 Å². The number of hydroxylamine groups is 1.